The van der Waals surface area contributed by atoms with Gasteiger partial charge in [-0.3, -0.25) is 9.59 Å². The van der Waals surface area contributed by atoms with Crippen molar-refractivity contribution in [2.75, 3.05) is 32.6 Å². The van der Waals surface area contributed by atoms with E-state index in [9.17, 15) is 9.59 Å². The van der Waals surface area contributed by atoms with Crippen molar-refractivity contribution in [3.05, 3.63) is 48.5 Å². The second-order valence-corrected chi connectivity index (χ2v) is 7.13. The van der Waals surface area contributed by atoms with E-state index in [4.69, 9.17) is 9.47 Å². The van der Waals surface area contributed by atoms with Crippen LogP contribution < -0.4 is 14.8 Å². The molecule has 150 valence electrons. The summed E-state index contributed by atoms with van der Waals surface area (Å²) >= 11 is 1.09. The van der Waals surface area contributed by atoms with Crippen molar-refractivity contribution in [1.82, 2.24) is 4.90 Å². The molecule has 2 aromatic carbocycles. The van der Waals surface area contributed by atoms with E-state index in [2.05, 4.69) is 5.32 Å². The minimum atomic E-state index is -0.118. The third-order valence-electron chi connectivity index (χ3n) is 3.68. The van der Waals surface area contributed by atoms with Gasteiger partial charge in [0.2, 0.25) is 5.91 Å². The number of para-hydroxylation sites is 3. The lowest BCUT2D eigenvalue weighted by atomic mass is 10.2. The maximum Gasteiger partial charge on any atom is 0.286 e. The number of carbonyl (C=O) groups excluding carboxylic acids is 2. The molecule has 0 heterocycles. The normalized spacial score (nSPS) is 10.2. The molecule has 0 bridgehead atoms. The second-order valence-electron chi connectivity index (χ2n) is 6.14. The number of carbonyl (C=O) groups is 2. The van der Waals surface area contributed by atoms with Gasteiger partial charge in [0.05, 0.1) is 18.9 Å². The Hall–Kier alpha value is -2.67. The molecule has 28 heavy (non-hydrogen) atoms. The van der Waals surface area contributed by atoms with Crippen molar-refractivity contribution in [3.8, 4) is 11.5 Å². The quantitative estimate of drug-likeness (QED) is 0.488. The Labute approximate surface area is 170 Å². The number of thioether (sulfide) groups is 1. The number of hydrogen-bond donors (Lipinski definition) is 1. The van der Waals surface area contributed by atoms with Gasteiger partial charge in [-0.1, -0.05) is 24.3 Å². The zero-order valence-electron chi connectivity index (χ0n) is 16.4. The SMILES string of the molecule is CCOc1ccccc1OCCCC(=O)Nc1ccccc1SC(=O)N(C)C. The van der Waals surface area contributed by atoms with Crippen molar-refractivity contribution < 1.29 is 19.1 Å². The number of hydrogen-bond acceptors (Lipinski definition) is 5. The van der Waals surface area contributed by atoms with E-state index in [1.54, 1.807) is 20.2 Å². The summed E-state index contributed by atoms with van der Waals surface area (Å²) < 4.78 is 11.3. The Balaban J connectivity index is 1.83. The maximum absolute atomic E-state index is 12.3. The first-order chi connectivity index (χ1) is 13.5. The lowest BCUT2D eigenvalue weighted by molar-refractivity contribution is -0.116. The van der Waals surface area contributed by atoms with Crippen molar-refractivity contribution in [1.29, 1.82) is 0 Å². The Morgan fingerprint density at radius 1 is 1.00 bits per heavy atom. The lowest BCUT2D eigenvalue weighted by Crippen LogP contribution is -2.17. The average molecular weight is 403 g/mol. The van der Waals surface area contributed by atoms with Crippen LogP contribution >= 0.6 is 11.8 Å². The van der Waals surface area contributed by atoms with Gasteiger partial charge >= 0.3 is 0 Å². The molecule has 6 nitrogen and oxygen atoms in total. The van der Waals surface area contributed by atoms with Crippen molar-refractivity contribution in [3.63, 3.8) is 0 Å². The third-order valence-corrected chi connectivity index (χ3v) is 4.79. The number of anilines is 1. The van der Waals surface area contributed by atoms with Crippen LogP contribution in [0.15, 0.2) is 53.4 Å². The fourth-order valence-corrected chi connectivity index (χ4v) is 3.06. The van der Waals surface area contributed by atoms with Gasteiger partial charge < -0.3 is 19.7 Å². The third kappa shape index (κ3) is 6.81. The molecule has 7 heteroatoms. The van der Waals surface area contributed by atoms with E-state index < -0.39 is 0 Å². The molecule has 0 aromatic heterocycles. The standard InChI is InChI=1S/C21H26N2O4S/c1-4-26-17-11-6-7-12-18(17)27-15-9-14-20(24)22-16-10-5-8-13-19(16)28-21(25)23(2)3/h5-8,10-13H,4,9,14-15H2,1-3H3,(H,22,24). The largest absolute Gasteiger partial charge is 0.490 e. The molecule has 0 unspecified atom stereocenters. The number of nitrogens with one attached hydrogen (secondary N) is 1. The number of nitrogens with zero attached hydrogens (tertiary/aromatic N) is 1. The summed E-state index contributed by atoms with van der Waals surface area (Å²) in [5, 5.41) is 2.78. The molecule has 0 saturated carbocycles. The fourth-order valence-electron chi connectivity index (χ4n) is 2.32. The molecule has 0 aliphatic carbocycles. The number of amides is 2. The molecule has 2 amide bonds. The summed E-state index contributed by atoms with van der Waals surface area (Å²) in [4.78, 5) is 26.4. The summed E-state index contributed by atoms with van der Waals surface area (Å²) in [5.41, 5.74) is 0.635. The highest BCUT2D eigenvalue weighted by atomic mass is 32.2. The molecule has 0 spiro atoms. The highest BCUT2D eigenvalue weighted by Gasteiger charge is 2.12. The molecule has 0 atom stereocenters. The fraction of sp³-hybridized carbons (Fsp3) is 0.333. The molecular formula is C21H26N2O4S. The van der Waals surface area contributed by atoms with Crippen LogP contribution in [0.1, 0.15) is 19.8 Å². The number of ether oxygens (including phenoxy) is 2. The summed E-state index contributed by atoms with van der Waals surface area (Å²) in [6, 6.07) is 14.7. The average Bonchev–Trinajstić information content (AvgIpc) is 2.68. The smallest absolute Gasteiger partial charge is 0.286 e. The molecule has 2 aromatic rings. The van der Waals surface area contributed by atoms with Crippen molar-refractivity contribution in [2.45, 2.75) is 24.7 Å². The molecule has 0 aliphatic heterocycles. The van der Waals surface area contributed by atoms with E-state index in [-0.39, 0.29) is 11.1 Å². The van der Waals surface area contributed by atoms with Gasteiger partial charge in [-0.15, -0.1) is 0 Å². The Bertz CT molecular complexity index is 795. The van der Waals surface area contributed by atoms with Gasteiger partial charge in [-0.25, -0.2) is 0 Å². The summed E-state index contributed by atoms with van der Waals surface area (Å²) in [6.45, 7) is 2.90. The molecule has 1 N–H and O–H groups in total. The van der Waals surface area contributed by atoms with Gasteiger partial charge in [0, 0.05) is 25.4 Å². The zero-order valence-corrected chi connectivity index (χ0v) is 17.3. The highest BCUT2D eigenvalue weighted by Crippen LogP contribution is 2.29. The number of benzene rings is 2. The van der Waals surface area contributed by atoms with Crippen LogP contribution in [0.5, 0.6) is 11.5 Å². The molecule has 0 radical (unpaired) electrons. The van der Waals surface area contributed by atoms with Gasteiger partial charge in [-0.2, -0.15) is 0 Å². The van der Waals surface area contributed by atoms with E-state index in [0.29, 0.717) is 43.2 Å². The minimum absolute atomic E-state index is 0.0944. The Morgan fingerprint density at radius 2 is 1.64 bits per heavy atom. The first-order valence-electron chi connectivity index (χ1n) is 9.14. The van der Waals surface area contributed by atoms with Crippen LogP contribution in [-0.2, 0) is 4.79 Å². The summed E-state index contributed by atoms with van der Waals surface area (Å²) in [5.74, 6) is 1.26. The van der Waals surface area contributed by atoms with E-state index in [1.165, 1.54) is 4.90 Å². The minimum Gasteiger partial charge on any atom is -0.490 e. The molecule has 2 rings (SSSR count). The van der Waals surface area contributed by atoms with E-state index in [0.717, 1.165) is 16.7 Å². The Kier molecular flexibility index (Phi) is 8.68. The molecular weight excluding hydrogens is 376 g/mol. The van der Waals surface area contributed by atoms with Crippen LogP contribution in [0.4, 0.5) is 10.5 Å². The van der Waals surface area contributed by atoms with Crippen LogP contribution in [0.2, 0.25) is 0 Å². The molecule has 0 saturated heterocycles. The van der Waals surface area contributed by atoms with Gasteiger partial charge in [0.25, 0.3) is 5.24 Å². The predicted molar refractivity (Wildman–Crippen MR) is 112 cm³/mol. The second kappa shape index (κ2) is 11.2. The van der Waals surface area contributed by atoms with E-state index >= 15 is 0 Å². The first kappa shape index (κ1) is 21.6. The van der Waals surface area contributed by atoms with E-state index in [1.807, 2.05) is 49.4 Å². The van der Waals surface area contributed by atoms with Gasteiger partial charge in [-0.05, 0) is 49.4 Å². The molecule has 0 aliphatic rings. The van der Waals surface area contributed by atoms with Gasteiger partial charge in [0.1, 0.15) is 0 Å². The maximum atomic E-state index is 12.3. The van der Waals surface area contributed by atoms with Crippen LogP contribution in [-0.4, -0.2) is 43.4 Å². The zero-order chi connectivity index (χ0) is 20.4. The predicted octanol–water partition coefficient (Wildman–Crippen LogP) is 4.66. The van der Waals surface area contributed by atoms with Crippen LogP contribution in [0, 0.1) is 0 Å². The lowest BCUT2D eigenvalue weighted by Gasteiger charge is -2.13. The number of rotatable bonds is 9. The van der Waals surface area contributed by atoms with Gasteiger partial charge in [0.15, 0.2) is 11.5 Å². The summed E-state index contributed by atoms with van der Waals surface area (Å²) in [6.07, 6.45) is 0.885. The molecule has 0 fully saturated rings. The van der Waals surface area contributed by atoms with Crippen molar-refractivity contribution in [2.24, 2.45) is 0 Å². The highest BCUT2D eigenvalue weighted by molar-refractivity contribution is 8.13. The Morgan fingerprint density at radius 3 is 2.32 bits per heavy atom. The topological polar surface area (TPSA) is 67.9 Å². The van der Waals surface area contributed by atoms with Crippen LogP contribution in [0.25, 0.3) is 0 Å². The first-order valence-corrected chi connectivity index (χ1v) is 9.95. The monoisotopic (exact) mass is 402 g/mol. The van der Waals surface area contributed by atoms with Crippen molar-refractivity contribution >= 4 is 28.6 Å². The summed E-state index contributed by atoms with van der Waals surface area (Å²) in [7, 11) is 3.39. The van der Waals surface area contributed by atoms with Crippen LogP contribution in [0.3, 0.4) is 0 Å².